The van der Waals surface area contributed by atoms with Crippen molar-refractivity contribution in [3.05, 3.63) is 69.6 Å². The van der Waals surface area contributed by atoms with Crippen molar-refractivity contribution in [2.75, 3.05) is 0 Å². The second-order valence-electron chi connectivity index (χ2n) is 4.29. The van der Waals surface area contributed by atoms with E-state index < -0.39 is 0 Å². The van der Waals surface area contributed by atoms with Gasteiger partial charge in [-0.2, -0.15) is 5.10 Å². The zero-order valence-electron chi connectivity index (χ0n) is 10.5. The maximum absolute atomic E-state index is 11.7. The van der Waals surface area contributed by atoms with Gasteiger partial charge in [-0.1, -0.05) is 29.8 Å². The minimum absolute atomic E-state index is 0.198. The van der Waals surface area contributed by atoms with Crippen LogP contribution in [0, 0.1) is 0 Å². The Kier molecular flexibility index (Phi) is 3.39. The van der Waals surface area contributed by atoms with E-state index >= 15 is 0 Å². The molecule has 20 heavy (non-hydrogen) atoms. The molecule has 0 atom stereocenters. The standard InChI is InChI=1S/C15H11ClN2O2/c16-10-5-7-11(8-6-10)20-9-14-12-3-1-2-4-13(12)15(19)18-17-14/h1-8H,9H2,(H,18,19). The van der Waals surface area contributed by atoms with Gasteiger partial charge >= 0.3 is 0 Å². The number of fused-ring (bicyclic) bond motifs is 1. The molecular weight excluding hydrogens is 276 g/mol. The summed E-state index contributed by atoms with van der Waals surface area (Å²) in [4.78, 5) is 11.7. The molecule has 0 unspecified atom stereocenters. The average molecular weight is 287 g/mol. The minimum atomic E-state index is -0.198. The van der Waals surface area contributed by atoms with Crippen LogP contribution in [0.25, 0.3) is 10.8 Å². The normalized spacial score (nSPS) is 10.7. The van der Waals surface area contributed by atoms with Gasteiger partial charge in [0.25, 0.3) is 5.56 Å². The third kappa shape index (κ3) is 2.51. The Morgan fingerprint density at radius 1 is 1.05 bits per heavy atom. The number of aromatic amines is 1. The number of nitrogens with one attached hydrogen (secondary N) is 1. The van der Waals surface area contributed by atoms with Crippen LogP contribution in [0.15, 0.2) is 53.3 Å². The summed E-state index contributed by atoms with van der Waals surface area (Å²) in [5.74, 6) is 0.700. The smallest absolute Gasteiger partial charge is 0.272 e. The molecule has 4 nitrogen and oxygen atoms in total. The number of H-pyrrole nitrogens is 1. The Hall–Kier alpha value is -2.33. The van der Waals surface area contributed by atoms with Crippen molar-refractivity contribution in [1.29, 1.82) is 0 Å². The number of nitrogens with zero attached hydrogens (tertiary/aromatic N) is 1. The second-order valence-corrected chi connectivity index (χ2v) is 4.72. The molecule has 0 spiro atoms. The number of halogens is 1. The molecule has 0 aliphatic rings. The number of hydrogen-bond acceptors (Lipinski definition) is 3. The summed E-state index contributed by atoms with van der Waals surface area (Å²) in [6.07, 6.45) is 0. The highest BCUT2D eigenvalue weighted by molar-refractivity contribution is 6.30. The third-order valence-electron chi connectivity index (χ3n) is 2.96. The highest BCUT2D eigenvalue weighted by atomic mass is 35.5. The maximum Gasteiger partial charge on any atom is 0.272 e. The Morgan fingerprint density at radius 3 is 2.50 bits per heavy atom. The van der Waals surface area contributed by atoms with Gasteiger partial charge in [-0.05, 0) is 30.3 Å². The summed E-state index contributed by atoms with van der Waals surface area (Å²) in [7, 11) is 0. The summed E-state index contributed by atoms with van der Waals surface area (Å²) in [5, 5.41) is 8.59. The first-order valence-corrected chi connectivity index (χ1v) is 6.46. The molecule has 0 radical (unpaired) electrons. The molecule has 0 aliphatic carbocycles. The van der Waals surface area contributed by atoms with Crippen molar-refractivity contribution in [3.8, 4) is 5.75 Å². The summed E-state index contributed by atoms with van der Waals surface area (Å²) in [5.41, 5.74) is 0.492. The number of aromatic nitrogens is 2. The van der Waals surface area contributed by atoms with E-state index in [1.807, 2.05) is 18.2 Å². The lowest BCUT2D eigenvalue weighted by molar-refractivity contribution is 0.301. The van der Waals surface area contributed by atoms with Gasteiger partial charge in [0.1, 0.15) is 18.1 Å². The Labute approximate surface area is 120 Å². The second kappa shape index (κ2) is 5.35. The summed E-state index contributed by atoms with van der Waals surface area (Å²) in [6, 6.07) is 14.4. The van der Waals surface area contributed by atoms with Crippen LogP contribution in [0.5, 0.6) is 5.75 Å². The largest absolute Gasteiger partial charge is 0.487 e. The van der Waals surface area contributed by atoms with Crippen LogP contribution in [-0.4, -0.2) is 10.2 Å². The van der Waals surface area contributed by atoms with E-state index in [0.717, 1.165) is 5.39 Å². The number of rotatable bonds is 3. The van der Waals surface area contributed by atoms with Gasteiger partial charge < -0.3 is 4.74 Å². The van der Waals surface area contributed by atoms with Crippen LogP contribution < -0.4 is 10.3 Å². The monoisotopic (exact) mass is 286 g/mol. The number of benzene rings is 2. The molecular formula is C15H11ClN2O2. The highest BCUT2D eigenvalue weighted by Gasteiger charge is 2.06. The van der Waals surface area contributed by atoms with Crippen LogP contribution in [0.4, 0.5) is 0 Å². The van der Waals surface area contributed by atoms with Gasteiger partial charge in [-0.3, -0.25) is 4.79 Å². The predicted molar refractivity (Wildman–Crippen MR) is 78.1 cm³/mol. The van der Waals surface area contributed by atoms with E-state index in [9.17, 15) is 4.79 Å². The number of hydrogen-bond donors (Lipinski definition) is 1. The van der Waals surface area contributed by atoms with E-state index in [1.165, 1.54) is 0 Å². The van der Waals surface area contributed by atoms with E-state index in [4.69, 9.17) is 16.3 Å². The van der Waals surface area contributed by atoms with Gasteiger partial charge in [0.15, 0.2) is 0 Å². The van der Waals surface area contributed by atoms with Gasteiger partial charge in [0.05, 0.1) is 5.39 Å². The molecule has 0 amide bonds. The fourth-order valence-electron chi connectivity index (χ4n) is 1.96. The quantitative estimate of drug-likeness (QED) is 0.805. The molecule has 0 saturated carbocycles. The fourth-order valence-corrected chi connectivity index (χ4v) is 2.09. The molecule has 0 fully saturated rings. The van der Waals surface area contributed by atoms with E-state index in [-0.39, 0.29) is 12.2 Å². The van der Waals surface area contributed by atoms with Crippen molar-refractivity contribution in [2.45, 2.75) is 6.61 Å². The van der Waals surface area contributed by atoms with Gasteiger partial charge in [0, 0.05) is 10.4 Å². The molecule has 100 valence electrons. The highest BCUT2D eigenvalue weighted by Crippen LogP contribution is 2.18. The first kappa shape index (κ1) is 12.7. The van der Waals surface area contributed by atoms with Gasteiger partial charge in [-0.15, -0.1) is 0 Å². The Balaban J connectivity index is 1.90. The summed E-state index contributed by atoms with van der Waals surface area (Å²) < 4.78 is 5.65. The first-order valence-electron chi connectivity index (χ1n) is 6.09. The minimum Gasteiger partial charge on any atom is -0.487 e. The van der Waals surface area contributed by atoms with Crippen molar-refractivity contribution in [3.63, 3.8) is 0 Å². The lowest BCUT2D eigenvalue weighted by atomic mass is 10.1. The molecule has 1 aromatic heterocycles. The summed E-state index contributed by atoms with van der Waals surface area (Å²) >= 11 is 5.82. The van der Waals surface area contributed by atoms with Gasteiger partial charge in [0.2, 0.25) is 0 Å². The lowest BCUT2D eigenvalue weighted by Gasteiger charge is -2.07. The average Bonchev–Trinajstić information content (AvgIpc) is 2.49. The van der Waals surface area contributed by atoms with Crippen LogP contribution in [0.2, 0.25) is 5.02 Å². The van der Waals surface area contributed by atoms with Crippen LogP contribution in [-0.2, 0) is 6.61 Å². The van der Waals surface area contributed by atoms with E-state index in [2.05, 4.69) is 10.2 Å². The molecule has 1 heterocycles. The van der Waals surface area contributed by atoms with Crippen LogP contribution >= 0.6 is 11.6 Å². The lowest BCUT2D eigenvalue weighted by Crippen LogP contribution is -2.12. The van der Waals surface area contributed by atoms with Crippen molar-refractivity contribution in [1.82, 2.24) is 10.2 Å². The Morgan fingerprint density at radius 2 is 1.75 bits per heavy atom. The SMILES string of the molecule is O=c1[nH]nc(COc2ccc(Cl)cc2)c2ccccc12. The molecule has 1 N–H and O–H groups in total. The zero-order chi connectivity index (χ0) is 13.9. The Bertz CT molecular complexity index is 797. The summed E-state index contributed by atoms with van der Waals surface area (Å²) in [6.45, 7) is 0.277. The zero-order valence-corrected chi connectivity index (χ0v) is 11.2. The first-order chi connectivity index (χ1) is 9.74. The molecule has 0 bridgehead atoms. The van der Waals surface area contributed by atoms with Crippen molar-refractivity contribution < 1.29 is 4.74 Å². The van der Waals surface area contributed by atoms with Gasteiger partial charge in [-0.25, -0.2) is 5.10 Å². The van der Waals surface area contributed by atoms with Crippen molar-refractivity contribution >= 4 is 22.4 Å². The van der Waals surface area contributed by atoms with E-state index in [0.29, 0.717) is 21.9 Å². The fraction of sp³-hybridized carbons (Fsp3) is 0.0667. The van der Waals surface area contributed by atoms with Crippen molar-refractivity contribution in [2.24, 2.45) is 0 Å². The van der Waals surface area contributed by atoms with E-state index in [1.54, 1.807) is 30.3 Å². The predicted octanol–water partition coefficient (Wildman–Crippen LogP) is 3.16. The number of ether oxygens (including phenoxy) is 1. The van der Waals surface area contributed by atoms with Crippen LogP contribution in [0.3, 0.4) is 0 Å². The molecule has 0 saturated heterocycles. The molecule has 3 aromatic rings. The van der Waals surface area contributed by atoms with Crippen LogP contribution in [0.1, 0.15) is 5.69 Å². The molecule has 0 aliphatic heterocycles. The molecule has 3 rings (SSSR count). The molecule has 2 aromatic carbocycles. The molecule has 5 heteroatoms. The topological polar surface area (TPSA) is 55.0 Å². The maximum atomic E-state index is 11.7. The third-order valence-corrected chi connectivity index (χ3v) is 3.22.